The van der Waals surface area contributed by atoms with Gasteiger partial charge >= 0.3 is 16.3 Å². The first kappa shape index (κ1) is 15.2. The molecule has 1 aliphatic heterocycles. The van der Waals surface area contributed by atoms with Gasteiger partial charge < -0.3 is 9.64 Å². The Balaban J connectivity index is 2.57. The lowest BCUT2D eigenvalue weighted by Crippen LogP contribution is -2.52. The van der Waals surface area contributed by atoms with Crippen LogP contribution in [0.4, 0.5) is 4.79 Å². The fourth-order valence-corrected chi connectivity index (χ4v) is 2.52. The lowest BCUT2D eigenvalue weighted by molar-refractivity contribution is 0.0566. The average Bonchev–Trinajstić information content (AvgIpc) is 2.13. The summed E-state index contributed by atoms with van der Waals surface area (Å²) in [4.78, 5) is 13.5. The maximum Gasteiger partial charge on any atom is 0.422 e. The van der Waals surface area contributed by atoms with Crippen LogP contribution in [0.25, 0.3) is 0 Å². The van der Waals surface area contributed by atoms with Crippen LogP contribution in [0.3, 0.4) is 0 Å². The minimum Gasteiger partial charge on any atom is -0.443 e. The standard InChI is InChI=1S/C10H21N3O4S/c1-10(2,3)17-9(14)11-18(15,16)13-7-5-12(4)6-8-13/h5-8H2,1-4H3,(H,11,14). The molecule has 106 valence electrons. The van der Waals surface area contributed by atoms with Crippen LogP contribution in [0.5, 0.6) is 0 Å². The van der Waals surface area contributed by atoms with Gasteiger partial charge in [-0.1, -0.05) is 0 Å². The highest BCUT2D eigenvalue weighted by molar-refractivity contribution is 7.87. The Morgan fingerprint density at radius 3 is 2.11 bits per heavy atom. The Labute approximate surface area is 108 Å². The number of amides is 1. The molecule has 0 atom stereocenters. The summed E-state index contributed by atoms with van der Waals surface area (Å²) in [5, 5.41) is 0. The largest absolute Gasteiger partial charge is 0.443 e. The molecule has 1 N–H and O–H groups in total. The van der Waals surface area contributed by atoms with E-state index in [1.54, 1.807) is 20.8 Å². The smallest absolute Gasteiger partial charge is 0.422 e. The van der Waals surface area contributed by atoms with Crippen molar-refractivity contribution in [3.05, 3.63) is 0 Å². The summed E-state index contributed by atoms with van der Waals surface area (Å²) in [6, 6.07) is 0. The number of nitrogens with zero attached hydrogens (tertiary/aromatic N) is 2. The summed E-state index contributed by atoms with van der Waals surface area (Å²) in [5.74, 6) is 0. The molecule has 7 nitrogen and oxygen atoms in total. The van der Waals surface area contributed by atoms with E-state index in [9.17, 15) is 13.2 Å². The SMILES string of the molecule is CN1CCN(S(=O)(=O)NC(=O)OC(C)(C)C)CC1. The molecule has 1 rings (SSSR count). The Morgan fingerprint density at radius 1 is 1.17 bits per heavy atom. The number of rotatable bonds is 2. The van der Waals surface area contributed by atoms with Crippen molar-refractivity contribution in [2.75, 3.05) is 33.2 Å². The lowest BCUT2D eigenvalue weighted by Gasteiger charge is -2.31. The number of carbonyl (C=O) groups excluding carboxylic acids is 1. The molecule has 0 aliphatic carbocycles. The summed E-state index contributed by atoms with van der Waals surface area (Å²) in [6.45, 7) is 7.06. The number of hydrogen-bond donors (Lipinski definition) is 1. The molecule has 0 aromatic heterocycles. The van der Waals surface area contributed by atoms with Crippen LogP contribution >= 0.6 is 0 Å². The van der Waals surface area contributed by atoms with E-state index in [1.165, 1.54) is 4.31 Å². The topological polar surface area (TPSA) is 79.0 Å². The molecule has 1 amide bonds. The number of carbonyl (C=O) groups is 1. The van der Waals surface area contributed by atoms with Crippen LogP contribution in [0.2, 0.25) is 0 Å². The number of nitrogens with one attached hydrogen (secondary N) is 1. The van der Waals surface area contributed by atoms with Crippen molar-refractivity contribution in [3.63, 3.8) is 0 Å². The first-order valence-electron chi connectivity index (χ1n) is 5.79. The molecule has 1 saturated heterocycles. The highest BCUT2D eigenvalue weighted by Crippen LogP contribution is 2.09. The van der Waals surface area contributed by atoms with Crippen molar-refractivity contribution < 1.29 is 17.9 Å². The predicted molar refractivity (Wildman–Crippen MR) is 67.4 cm³/mol. The van der Waals surface area contributed by atoms with Gasteiger partial charge in [-0.05, 0) is 27.8 Å². The second-order valence-corrected chi connectivity index (χ2v) is 6.98. The molecule has 18 heavy (non-hydrogen) atoms. The van der Waals surface area contributed by atoms with Crippen LogP contribution in [0.15, 0.2) is 0 Å². The maximum absolute atomic E-state index is 11.9. The van der Waals surface area contributed by atoms with Crippen LogP contribution in [0, 0.1) is 0 Å². The zero-order valence-corrected chi connectivity index (χ0v) is 12.1. The summed E-state index contributed by atoms with van der Waals surface area (Å²) in [5.41, 5.74) is -0.721. The Kier molecular flexibility index (Phi) is 4.57. The van der Waals surface area contributed by atoms with E-state index >= 15 is 0 Å². The second-order valence-electron chi connectivity index (χ2n) is 5.31. The van der Waals surface area contributed by atoms with E-state index in [0.717, 1.165) is 0 Å². The molecule has 0 bridgehead atoms. The monoisotopic (exact) mass is 279 g/mol. The van der Waals surface area contributed by atoms with Gasteiger partial charge in [0.1, 0.15) is 5.60 Å². The molecular weight excluding hydrogens is 258 g/mol. The van der Waals surface area contributed by atoms with Gasteiger partial charge in [-0.25, -0.2) is 9.52 Å². The summed E-state index contributed by atoms with van der Waals surface area (Å²) in [6.07, 6.45) is -0.943. The predicted octanol–water partition coefficient (Wildman–Crippen LogP) is 0.00330. The molecule has 0 unspecified atom stereocenters. The average molecular weight is 279 g/mol. The molecule has 0 spiro atoms. The van der Waals surface area contributed by atoms with Gasteiger partial charge in [0.05, 0.1) is 0 Å². The van der Waals surface area contributed by atoms with E-state index in [1.807, 2.05) is 16.7 Å². The fraction of sp³-hybridized carbons (Fsp3) is 0.900. The van der Waals surface area contributed by atoms with Gasteiger partial charge in [0.2, 0.25) is 0 Å². The third-order valence-electron chi connectivity index (χ3n) is 2.41. The normalized spacial score (nSPS) is 19.6. The molecule has 1 fully saturated rings. The lowest BCUT2D eigenvalue weighted by atomic mass is 10.2. The van der Waals surface area contributed by atoms with Gasteiger partial charge in [0.25, 0.3) is 0 Å². The van der Waals surface area contributed by atoms with E-state index in [4.69, 9.17) is 4.74 Å². The van der Waals surface area contributed by atoms with Crippen molar-refractivity contribution in [1.29, 1.82) is 0 Å². The highest BCUT2D eigenvalue weighted by atomic mass is 32.2. The maximum atomic E-state index is 11.9. The Bertz CT molecular complexity index is 394. The summed E-state index contributed by atoms with van der Waals surface area (Å²) in [7, 11) is -1.87. The number of likely N-dealkylation sites (N-methyl/N-ethyl adjacent to an activating group) is 1. The number of piperazine rings is 1. The fourth-order valence-electron chi connectivity index (χ4n) is 1.50. The van der Waals surface area contributed by atoms with Crippen LogP contribution in [0.1, 0.15) is 20.8 Å². The van der Waals surface area contributed by atoms with Crippen molar-refractivity contribution in [2.45, 2.75) is 26.4 Å². The van der Waals surface area contributed by atoms with Crippen molar-refractivity contribution >= 4 is 16.3 Å². The molecule has 1 aliphatic rings. The van der Waals surface area contributed by atoms with E-state index in [0.29, 0.717) is 26.2 Å². The minimum atomic E-state index is -3.80. The van der Waals surface area contributed by atoms with E-state index in [-0.39, 0.29) is 0 Å². The molecular formula is C10H21N3O4S. The van der Waals surface area contributed by atoms with Crippen molar-refractivity contribution in [2.24, 2.45) is 0 Å². The van der Waals surface area contributed by atoms with Crippen molar-refractivity contribution in [3.8, 4) is 0 Å². The number of hydrogen-bond acceptors (Lipinski definition) is 5. The van der Waals surface area contributed by atoms with Gasteiger partial charge in [-0.2, -0.15) is 12.7 Å². The van der Waals surface area contributed by atoms with Crippen LogP contribution < -0.4 is 4.72 Å². The molecule has 8 heteroatoms. The first-order valence-corrected chi connectivity index (χ1v) is 7.23. The highest BCUT2D eigenvalue weighted by Gasteiger charge is 2.29. The van der Waals surface area contributed by atoms with Crippen molar-refractivity contribution in [1.82, 2.24) is 13.9 Å². The van der Waals surface area contributed by atoms with E-state index < -0.39 is 21.9 Å². The van der Waals surface area contributed by atoms with E-state index in [2.05, 4.69) is 0 Å². The molecule has 0 aromatic rings. The Hall–Kier alpha value is -0.860. The molecule has 0 aromatic carbocycles. The third-order valence-corrected chi connectivity index (χ3v) is 3.88. The summed E-state index contributed by atoms with van der Waals surface area (Å²) >= 11 is 0. The quantitative estimate of drug-likeness (QED) is 0.770. The number of ether oxygens (including phenoxy) is 1. The molecule has 1 heterocycles. The third kappa shape index (κ3) is 4.79. The molecule has 0 radical (unpaired) electrons. The van der Waals surface area contributed by atoms with Gasteiger partial charge in [-0.3, -0.25) is 0 Å². The second kappa shape index (κ2) is 5.41. The summed E-state index contributed by atoms with van der Waals surface area (Å²) < 4.78 is 31.8. The Morgan fingerprint density at radius 2 is 1.67 bits per heavy atom. The van der Waals surface area contributed by atoms with Gasteiger partial charge in [0.15, 0.2) is 0 Å². The zero-order chi connectivity index (χ0) is 14.0. The molecule has 0 saturated carbocycles. The minimum absolute atomic E-state index is 0.370. The zero-order valence-electron chi connectivity index (χ0n) is 11.3. The van der Waals surface area contributed by atoms with Crippen LogP contribution in [-0.4, -0.2) is 62.5 Å². The van der Waals surface area contributed by atoms with Gasteiger partial charge in [-0.15, -0.1) is 0 Å². The van der Waals surface area contributed by atoms with Crippen LogP contribution in [-0.2, 0) is 14.9 Å². The first-order chi connectivity index (χ1) is 8.10. The van der Waals surface area contributed by atoms with Gasteiger partial charge in [0, 0.05) is 26.2 Å².